The Kier molecular flexibility index (Phi) is 4.86. The van der Waals surface area contributed by atoms with Crippen LogP contribution < -0.4 is 14.4 Å². The number of methoxy groups -OCH3 is 1. The molecule has 2 atom stereocenters. The van der Waals surface area contributed by atoms with Gasteiger partial charge in [0.05, 0.1) is 30.2 Å². The second-order valence-electron chi connectivity index (χ2n) is 7.10. The number of benzene rings is 2. The van der Waals surface area contributed by atoms with Gasteiger partial charge in [0.2, 0.25) is 11.8 Å². The van der Waals surface area contributed by atoms with E-state index in [4.69, 9.17) is 9.47 Å². The molecular formula is C22H21NO5. The smallest absolute Gasteiger partial charge is 0.343 e. The van der Waals surface area contributed by atoms with Crippen molar-refractivity contribution in [2.24, 2.45) is 11.8 Å². The molecule has 2 fully saturated rings. The number of rotatable bonds is 4. The number of para-hydroxylation sites is 2. The standard InChI is InChI=1S/C22H21NO5/c1-27-15-8-6-7-14(13-15)22(26)28-19-12-5-4-11-18(19)23-20(24)16-9-2-3-10-17(16)21(23)25/h4-8,11-13,16-17H,2-3,9-10H2,1H3/t16-,17-/m1/s1. The zero-order valence-electron chi connectivity index (χ0n) is 15.6. The Hall–Kier alpha value is -3.15. The topological polar surface area (TPSA) is 72.9 Å². The molecule has 1 aliphatic heterocycles. The largest absolute Gasteiger partial charge is 0.497 e. The Morgan fingerprint density at radius 3 is 2.32 bits per heavy atom. The minimum absolute atomic E-state index is 0.190. The minimum atomic E-state index is -0.581. The second kappa shape index (κ2) is 7.46. The van der Waals surface area contributed by atoms with Crippen molar-refractivity contribution in [3.05, 3.63) is 54.1 Å². The van der Waals surface area contributed by atoms with Crippen LogP contribution in [0.25, 0.3) is 0 Å². The maximum atomic E-state index is 12.9. The predicted octanol–water partition coefficient (Wildman–Crippen LogP) is 3.59. The Morgan fingerprint density at radius 1 is 0.964 bits per heavy atom. The molecule has 6 heteroatoms. The third kappa shape index (κ3) is 3.15. The van der Waals surface area contributed by atoms with Crippen LogP contribution in [0, 0.1) is 11.8 Å². The molecule has 1 saturated carbocycles. The van der Waals surface area contributed by atoms with Gasteiger partial charge < -0.3 is 9.47 Å². The number of fused-ring (bicyclic) bond motifs is 1. The van der Waals surface area contributed by atoms with E-state index in [0.717, 1.165) is 25.7 Å². The number of hydrogen-bond acceptors (Lipinski definition) is 5. The zero-order chi connectivity index (χ0) is 19.7. The summed E-state index contributed by atoms with van der Waals surface area (Å²) < 4.78 is 10.7. The second-order valence-corrected chi connectivity index (χ2v) is 7.10. The number of hydrogen-bond donors (Lipinski definition) is 0. The van der Waals surface area contributed by atoms with Gasteiger partial charge in [0.25, 0.3) is 0 Å². The highest BCUT2D eigenvalue weighted by Gasteiger charge is 2.49. The molecule has 1 heterocycles. The third-order valence-electron chi connectivity index (χ3n) is 5.46. The first-order valence-corrected chi connectivity index (χ1v) is 9.43. The van der Waals surface area contributed by atoms with Crippen LogP contribution in [0.5, 0.6) is 11.5 Å². The molecule has 0 unspecified atom stereocenters. The number of esters is 1. The Balaban J connectivity index is 1.63. The molecule has 144 valence electrons. The lowest BCUT2D eigenvalue weighted by Gasteiger charge is -2.19. The summed E-state index contributed by atoms with van der Waals surface area (Å²) in [4.78, 5) is 39.6. The van der Waals surface area contributed by atoms with E-state index >= 15 is 0 Å². The SMILES string of the molecule is COc1cccc(C(=O)Oc2ccccc2N2C(=O)[C@@H]3CCCC[C@H]3C2=O)c1. The summed E-state index contributed by atoms with van der Waals surface area (Å²) in [5.41, 5.74) is 0.644. The minimum Gasteiger partial charge on any atom is -0.497 e. The first-order chi connectivity index (χ1) is 13.6. The monoisotopic (exact) mass is 379 g/mol. The van der Waals surface area contributed by atoms with Crippen LogP contribution in [0.4, 0.5) is 5.69 Å². The van der Waals surface area contributed by atoms with Crippen molar-refractivity contribution in [1.82, 2.24) is 0 Å². The molecule has 0 aromatic heterocycles. The van der Waals surface area contributed by atoms with Gasteiger partial charge >= 0.3 is 5.97 Å². The van der Waals surface area contributed by atoms with Crippen LogP contribution in [-0.4, -0.2) is 24.9 Å². The van der Waals surface area contributed by atoms with E-state index in [1.165, 1.54) is 12.0 Å². The molecule has 1 aliphatic carbocycles. The normalized spacial score (nSPS) is 21.4. The number of nitrogens with zero attached hydrogens (tertiary/aromatic N) is 1. The van der Waals surface area contributed by atoms with Gasteiger partial charge in [-0.2, -0.15) is 0 Å². The van der Waals surface area contributed by atoms with Gasteiger partial charge in [-0.25, -0.2) is 9.69 Å². The Labute approximate surface area is 163 Å². The van der Waals surface area contributed by atoms with Gasteiger partial charge in [0.1, 0.15) is 5.75 Å². The highest BCUT2D eigenvalue weighted by molar-refractivity contribution is 6.22. The highest BCUT2D eigenvalue weighted by Crippen LogP contribution is 2.42. The summed E-state index contributed by atoms with van der Waals surface area (Å²) in [5, 5.41) is 0. The fourth-order valence-corrected chi connectivity index (χ4v) is 4.04. The molecule has 1 saturated heterocycles. The summed E-state index contributed by atoms with van der Waals surface area (Å²) >= 11 is 0. The van der Waals surface area contributed by atoms with Crippen LogP contribution in [0.15, 0.2) is 48.5 Å². The van der Waals surface area contributed by atoms with Crippen molar-refractivity contribution in [2.75, 3.05) is 12.0 Å². The van der Waals surface area contributed by atoms with Crippen molar-refractivity contribution in [3.63, 3.8) is 0 Å². The summed E-state index contributed by atoms with van der Waals surface area (Å²) in [5.74, 6) is -0.763. The van der Waals surface area contributed by atoms with E-state index in [0.29, 0.717) is 17.0 Å². The lowest BCUT2D eigenvalue weighted by molar-refractivity contribution is -0.122. The van der Waals surface area contributed by atoms with Crippen molar-refractivity contribution in [2.45, 2.75) is 25.7 Å². The molecule has 0 bridgehead atoms. The van der Waals surface area contributed by atoms with Crippen LogP contribution in [0.2, 0.25) is 0 Å². The van der Waals surface area contributed by atoms with Gasteiger partial charge in [-0.3, -0.25) is 9.59 Å². The maximum Gasteiger partial charge on any atom is 0.343 e. The lowest BCUT2D eigenvalue weighted by Crippen LogP contribution is -2.31. The van der Waals surface area contributed by atoms with E-state index in [-0.39, 0.29) is 29.4 Å². The van der Waals surface area contributed by atoms with Gasteiger partial charge in [-0.05, 0) is 43.2 Å². The van der Waals surface area contributed by atoms with E-state index in [1.54, 1.807) is 48.5 Å². The summed E-state index contributed by atoms with van der Waals surface area (Å²) in [6.07, 6.45) is 3.38. The first kappa shape index (κ1) is 18.2. The number of ether oxygens (including phenoxy) is 2. The van der Waals surface area contributed by atoms with E-state index < -0.39 is 5.97 Å². The average Bonchev–Trinajstić information content (AvgIpc) is 2.99. The van der Waals surface area contributed by atoms with Gasteiger partial charge in [0, 0.05) is 0 Å². The summed E-state index contributed by atoms with van der Waals surface area (Å²) in [6.45, 7) is 0. The molecule has 4 rings (SSSR count). The molecule has 2 aromatic rings. The van der Waals surface area contributed by atoms with Gasteiger partial charge in [-0.15, -0.1) is 0 Å². The fourth-order valence-electron chi connectivity index (χ4n) is 4.04. The van der Waals surface area contributed by atoms with Crippen LogP contribution >= 0.6 is 0 Å². The maximum absolute atomic E-state index is 12.9. The Morgan fingerprint density at radius 2 is 1.64 bits per heavy atom. The number of anilines is 1. The quantitative estimate of drug-likeness (QED) is 0.461. The van der Waals surface area contributed by atoms with Crippen LogP contribution in [-0.2, 0) is 9.59 Å². The predicted molar refractivity (Wildman–Crippen MR) is 102 cm³/mol. The van der Waals surface area contributed by atoms with E-state index in [1.807, 2.05) is 0 Å². The van der Waals surface area contributed by atoms with Crippen molar-refractivity contribution >= 4 is 23.5 Å². The van der Waals surface area contributed by atoms with E-state index in [9.17, 15) is 14.4 Å². The third-order valence-corrected chi connectivity index (χ3v) is 5.46. The molecule has 0 radical (unpaired) electrons. The van der Waals surface area contributed by atoms with Gasteiger partial charge in [0.15, 0.2) is 5.75 Å². The zero-order valence-corrected chi connectivity index (χ0v) is 15.6. The van der Waals surface area contributed by atoms with Gasteiger partial charge in [-0.1, -0.05) is 31.0 Å². The van der Waals surface area contributed by atoms with Crippen LogP contribution in [0.3, 0.4) is 0 Å². The summed E-state index contributed by atoms with van der Waals surface area (Å²) in [6, 6.07) is 13.3. The first-order valence-electron chi connectivity index (χ1n) is 9.43. The summed E-state index contributed by atoms with van der Waals surface area (Å²) in [7, 11) is 1.52. The molecule has 2 aliphatic rings. The molecule has 0 N–H and O–H groups in total. The fraction of sp³-hybridized carbons (Fsp3) is 0.318. The molecular weight excluding hydrogens is 358 g/mol. The molecule has 28 heavy (non-hydrogen) atoms. The molecule has 0 spiro atoms. The van der Waals surface area contributed by atoms with Crippen molar-refractivity contribution < 1.29 is 23.9 Å². The van der Waals surface area contributed by atoms with Crippen LogP contribution in [0.1, 0.15) is 36.0 Å². The molecule has 6 nitrogen and oxygen atoms in total. The number of carbonyl (C=O) groups excluding carboxylic acids is 3. The molecule has 2 aromatic carbocycles. The van der Waals surface area contributed by atoms with Crippen molar-refractivity contribution in [1.29, 1.82) is 0 Å². The lowest BCUT2D eigenvalue weighted by atomic mass is 9.81. The molecule has 2 amide bonds. The van der Waals surface area contributed by atoms with Crippen molar-refractivity contribution in [3.8, 4) is 11.5 Å². The Bertz CT molecular complexity index is 914. The average molecular weight is 379 g/mol. The highest BCUT2D eigenvalue weighted by atomic mass is 16.5. The number of amides is 2. The number of imide groups is 1. The van der Waals surface area contributed by atoms with E-state index in [2.05, 4.69) is 0 Å². The number of carbonyl (C=O) groups is 3.